The number of hydrogen-bond donors (Lipinski definition) is 1. The van der Waals surface area contributed by atoms with Crippen LogP contribution in [0.1, 0.15) is 0 Å². The van der Waals surface area contributed by atoms with E-state index in [9.17, 15) is 0 Å². The molecule has 0 fully saturated rings. The van der Waals surface area contributed by atoms with E-state index in [0.29, 0.717) is 51.5 Å². The molecule has 0 aliphatic rings. The summed E-state index contributed by atoms with van der Waals surface area (Å²) in [6.45, 7) is 3.22. The largest absolute Gasteiger partial charge is 0.475 e. The number of nitrogens with zero attached hydrogens (tertiary/aromatic N) is 2. The standard InChI is InChI=1S/C12H21N3O4/c1-13-12-14-4-3-11(15-12)19-10-9-18-8-7-17-6-5-16-2/h3-4H,5-10H2,1-2H3,(H,13,14,15). The van der Waals surface area contributed by atoms with E-state index in [2.05, 4.69) is 15.3 Å². The zero-order valence-corrected chi connectivity index (χ0v) is 11.4. The second-order valence-corrected chi connectivity index (χ2v) is 3.53. The van der Waals surface area contributed by atoms with Crippen LogP contribution in [0.3, 0.4) is 0 Å². The Morgan fingerprint density at radius 1 is 1.05 bits per heavy atom. The molecule has 0 spiro atoms. The van der Waals surface area contributed by atoms with Crippen molar-refractivity contribution in [3.63, 3.8) is 0 Å². The number of ether oxygens (including phenoxy) is 4. The van der Waals surface area contributed by atoms with Crippen LogP contribution in [0.25, 0.3) is 0 Å². The molecule has 0 atom stereocenters. The maximum absolute atomic E-state index is 5.42. The Morgan fingerprint density at radius 3 is 2.42 bits per heavy atom. The fraction of sp³-hybridized carbons (Fsp3) is 0.667. The van der Waals surface area contributed by atoms with E-state index in [1.165, 1.54) is 0 Å². The van der Waals surface area contributed by atoms with Crippen molar-refractivity contribution in [1.82, 2.24) is 9.97 Å². The summed E-state index contributed by atoms with van der Waals surface area (Å²) in [5, 5.41) is 2.84. The summed E-state index contributed by atoms with van der Waals surface area (Å²) in [6, 6.07) is 1.70. The average molecular weight is 271 g/mol. The summed E-state index contributed by atoms with van der Waals surface area (Å²) in [4.78, 5) is 8.11. The lowest BCUT2D eigenvalue weighted by molar-refractivity contribution is 0.0176. The van der Waals surface area contributed by atoms with Gasteiger partial charge in [0, 0.05) is 26.4 Å². The third-order valence-corrected chi connectivity index (χ3v) is 2.14. The zero-order chi connectivity index (χ0) is 13.8. The Labute approximate surface area is 113 Å². The third kappa shape index (κ3) is 7.55. The first-order valence-corrected chi connectivity index (χ1v) is 6.15. The van der Waals surface area contributed by atoms with Crippen molar-refractivity contribution in [3.05, 3.63) is 12.3 Å². The van der Waals surface area contributed by atoms with Crippen molar-refractivity contribution in [1.29, 1.82) is 0 Å². The Hall–Kier alpha value is -1.44. The summed E-state index contributed by atoms with van der Waals surface area (Å²) in [7, 11) is 3.40. The van der Waals surface area contributed by atoms with E-state index in [0.717, 1.165) is 0 Å². The van der Waals surface area contributed by atoms with Gasteiger partial charge in [0.1, 0.15) is 6.61 Å². The number of nitrogens with one attached hydrogen (secondary N) is 1. The second kappa shape index (κ2) is 10.5. The topological polar surface area (TPSA) is 74.7 Å². The molecule has 0 bridgehead atoms. The third-order valence-electron chi connectivity index (χ3n) is 2.14. The lowest BCUT2D eigenvalue weighted by atomic mass is 10.6. The molecule has 0 saturated heterocycles. The molecule has 0 aliphatic carbocycles. The Kier molecular flexibility index (Phi) is 8.61. The molecule has 7 heteroatoms. The average Bonchev–Trinajstić information content (AvgIpc) is 2.46. The quantitative estimate of drug-likeness (QED) is 0.590. The normalized spacial score (nSPS) is 10.4. The molecule has 0 amide bonds. The van der Waals surface area contributed by atoms with Gasteiger partial charge < -0.3 is 24.3 Å². The predicted molar refractivity (Wildman–Crippen MR) is 70.6 cm³/mol. The molecule has 7 nitrogen and oxygen atoms in total. The van der Waals surface area contributed by atoms with E-state index >= 15 is 0 Å². The van der Waals surface area contributed by atoms with Crippen LogP contribution in [-0.4, -0.2) is 63.8 Å². The molecular weight excluding hydrogens is 250 g/mol. The van der Waals surface area contributed by atoms with Crippen molar-refractivity contribution < 1.29 is 18.9 Å². The highest BCUT2D eigenvalue weighted by Crippen LogP contribution is 2.07. The summed E-state index contributed by atoms with van der Waals surface area (Å²) >= 11 is 0. The van der Waals surface area contributed by atoms with E-state index in [1.54, 1.807) is 26.4 Å². The van der Waals surface area contributed by atoms with Crippen molar-refractivity contribution >= 4 is 5.95 Å². The molecule has 1 aromatic heterocycles. The number of anilines is 1. The van der Waals surface area contributed by atoms with Gasteiger partial charge in [-0.3, -0.25) is 0 Å². The molecule has 1 aromatic rings. The fourth-order valence-corrected chi connectivity index (χ4v) is 1.21. The maximum atomic E-state index is 5.42. The van der Waals surface area contributed by atoms with Crippen LogP contribution in [0, 0.1) is 0 Å². The lowest BCUT2D eigenvalue weighted by Gasteiger charge is -2.07. The molecule has 0 aromatic carbocycles. The first-order chi connectivity index (χ1) is 9.36. The molecule has 1 heterocycles. The van der Waals surface area contributed by atoms with Crippen molar-refractivity contribution in [2.45, 2.75) is 0 Å². The van der Waals surface area contributed by atoms with Crippen LogP contribution in [0.2, 0.25) is 0 Å². The van der Waals surface area contributed by atoms with Gasteiger partial charge in [0.05, 0.1) is 33.0 Å². The van der Waals surface area contributed by atoms with Crippen LogP contribution < -0.4 is 10.1 Å². The molecule has 1 rings (SSSR count). The monoisotopic (exact) mass is 271 g/mol. The number of aromatic nitrogens is 2. The van der Waals surface area contributed by atoms with Gasteiger partial charge in [0.2, 0.25) is 11.8 Å². The minimum absolute atomic E-state index is 0.443. The van der Waals surface area contributed by atoms with E-state index in [4.69, 9.17) is 18.9 Å². The number of hydrogen-bond acceptors (Lipinski definition) is 7. The smallest absolute Gasteiger partial charge is 0.225 e. The van der Waals surface area contributed by atoms with E-state index in [-0.39, 0.29) is 0 Å². The minimum atomic E-state index is 0.443. The van der Waals surface area contributed by atoms with Crippen LogP contribution >= 0.6 is 0 Å². The predicted octanol–water partition coefficient (Wildman–Crippen LogP) is 0.577. The van der Waals surface area contributed by atoms with Crippen LogP contribution in [0.5, 0.6) is 5.88 Å². The molecule has 0 aliphatic heterocycles. The molecule has 19 heavy (non-hydrogen) atoms. The van der Waals surface area contributed by atoms with Gasteiger partial charge in [-0.25, -0.2) is 4.98 Å². The molecule has 0 saturated carbocycles. The SMILES string of the molecule is CNc1nccc(OCCOCCOCCOC)n1. The molecular formula is C12H21N3O4. The van der Waals surface area contributed by atoms with Gasteiger partial charge in [-0.15, -0.1) is 0 Å². The van der Waals surface area contributed by atoms with Gasteiger partial charge in [-0.05, 0) is 0 Å². The fourth-order valence-electron chi connectivity index (χ4n) is 1.21. The highest BCUT2D eigenvalue weighted by Gasteiger charge is 1.98. The van der Waals surface area contributed by atoms with Gasteiger partial charge >= 0.3 is 0 Å². The molecule has 0 unspecified atom stereocenters. The van der Waals surface area contributed by atoms with Crippen molar-refractivity contribution in [2.24, 2.45) is 0 Å². The Balaban J connectivity index is 1.98. The van der Waals surface area contributed by atoms with Gasteiger partial charge in [0.15, 0.2) is 0 Å². The van der Waals surface area contributed by atoms with Gasteiger partial charge in [0.25, 0.3) is 0 Å². The van der Waals surface area contributed by atoms with Crippen LogP contribution in [-0.2, 0) is 14.2 Å². The maximum Gasteiger partial charge on any atom is 0.225 e. The van der Waals surface area contributed by atoms with Crippen LogP contribution in [0.4, 0.5) is 5.95 Å². The number of rotatable bonds is 11. The Morgan fingerprint density at radius 2 is 1.74 bits per heavy atom. The van der Waals surface area contributed by atoms with E-state index < -0.39 is 0 Å². The zero-order valence-electron chi connectivity index (χ0n) is 11.4. The first-order valence-electron chi connectivity index (χ1n) is 6.15. The number of methoxy groups -OCH3 is 1. The highest BCUT2D eigenvalue weighted by atomic mass is 16.6. The Bertz CT molecular complexity index is 339. The van der Waals surface area contributed by atoms with E-state index in [1.807, 2.05) is 0 Å². The molecule has 1 N–H and O–H groups in total. The van der Waals surface area contributed by atoms with Crippen molar-refractivity contribution in [3.8, 4) is 5.88 Å². The lowest BCUT2D eigenvalue weighted by Crippen LogP contribution is -2.12. The molecule has 0 radical (unpaired) electrons. The summed E-state index contributed by atoms with van der Waals surface area (Å²) < 4.78 is 20.9. The first kappa shape index (κ1) is 15.6. The van der Waals surface area contributed by atoms with Gasteiger partial charge in [-0.1, -0.05) is 0 Å². The summed E-state index contributed by atoms with van der Waals surface area (Å²) in [5.74, 6) is 1.06. The minimum Gasteiger partial charge on any atom is -0.475 e. The molecule has 108 valence electrons. The summed E-state index contributed by atoms with van der Waals surface area (Å²) in [5.41, 5.74) is 0. The second-order valence-electron chi connectivity index (χ2n) is 3.53. The van der Waals surface area contributed by atoms with Crippen molar-refractivity contribution in [2.75, 3.05) is 59.1 Å². The van der Waals surface area contributed by atoms with Crippen LogP contribution in [0.15, 0.2) is 12.3 Å². The summed E-state index contributed by atoms with van der Waals surface area (Å²) in [6.07, 6.45) is 1.64. The van der Waals surface area contributed by atoms with Gasteiger partial charge in [-0.2, -0.15) is 4.98 Å². The highest BCUT2D eigenvalue weighted by molar-refractivity contribution is 5.25.